The van der Waals surface area contributed by atoms with Gasteiger partial charge in [-0.25, -0.2) is 0 Å². The molecule has 0 spiro atoms. The number of aliphatic hydroxyl groups excluding tert-OH is 2. The fraction of sp³-hybridized carbons (Fsp3) is 0.562. The number of phenols is 1. The average Bonchev–Trinajstić information content (AvgIpc) is 2.93. The van der Waals surface area contributed by atoms with Crippen LogP contribution in [0.4, 0.5) is 11.4 Å². The summed E-state index contributed by atoms with van der Waals surface area (Å²) in [6.45, 7) is 5.41. The number of primary amides is 1. The molecule has 7 N–H and O–H groups in total. The van der Waals surface area contributed by atoms with Crippen molar-refractivity contribution in [3.63, 3.8) is 0 Å². The lowest BCUT2D eigenvalue weighted by Gasteiger charge is -2.50. The van der Waals surface area contributed by atoms with Gasteiger partial charge >= 0.3 is 0 Å². The van der Waals surface area contributed by atoms with Gasteiger partial charge in [-0.15, -0.1) is 0 Å². The number of rotatable bonds is 8. The van der Waals surface area contributed by atoms with Gasteiger partial charge in [0, 0.05) is 50.4 Å². The molecule has 0 radical (unpaired) electrons. The van der Waals surface area contributed by atoms with Gasteiger partial charge in [0.25, 0.3) is 5.91 Å². The Morgan fingerprint density at radius 2 is 1.73 bits per heavy atom. The standard InChI is InChI=1S/C32H43N5O8/c1-7-16(8-2)37-12-15(13-37)31(44)34-19-11-20(35(3)4)17-9-14-10-18-24(36(5)6)27(40)23(30(33)43)29(42)32(18,45)28(41)21(14)26(39)22(17)25(19)38/h11,14-16,18,24,38-39,42,45H,7-10,12-13H2,1-6H3,(H2,33,43)(H,34,44)/t14-,18-,24-,32-/m0/s1. The van der Waals surface area contributed by atoms with Gasteiger partial charge in [0.15, 0.2) is 11.4 Å². The van der Waals surface area contributed by atoms with Crippen LogP contribution in [0.5, 0.6) is 5.75 Å². The van der Waals surface area contributed by atoms with E-state index >= 15 is 0 Å². The smallest absolute Gasteiger partial charge is 0.255 e. The van der Waals surface area contributed by atoms with Crippen LogP contribution in [0, 0.1) is 17.8 Å². The number of amides is 2. The lowest BCUT2D eigenvalue weighted by Crippen LogP contribution is -2.65. The molecule has 244 valence electrons. The van der Waals surface area contributed by atoms with Crippen LogP contribution < -0.4 is 16.0 Å². The van der Waals surface area contributed by atoms with Crippen LogP contribution in [0.1, 0.15) is 44.2 Å². The van der Waals surface area contributed by atoms with Gasteiger partial charge in [0.05, 0.1) is 23.2 Å². The first kappa shape index (κ1) is 32.5. The third kappa shape index (κ3) is 4.79. The Hall–Kier alpha value is -3.94. The number of fused-ring (bicyclic) bond motifs is 3. The summed E-state index contributed by atoms with van der Waals surface area (Å²) in [7, 11) is 6.65. The Labute approximate surface area is 262 Å². The van der Waals surface area contributed by atoms with E-state index in [4.69, 9.17) is 5.73 Å². The molecule has 0 aromatic heterocycles. The summed E-state index contributed by atoms with van der Waals surface area (Å²) in [4.78, 5) is 58.3. The van der Waals surface area contributed by atoms with Crippen molar-refractivity contribution in [1.29, 1.82) is 0 Å². The summed E-state index contributed by atoms with van der Waals surface area (Å²) in [5.41, 5.74) is 2.67. The molecule has 4 aliphatic rings. The number of likely N-dealkylation sites (tertiary alicyclic amines) is 1. The molecule has 3 aliphatic carbocycles. The first-order valence-electron chi connectivity index (χ1n) is 15.4. The molecule has 13 heteroatoms. The maximum atomic E-state index is 14.1. The first-order valence-corrected chi connectivity index (χ1v) is 15.4. The number of carbonyl (C=O) groups is 4. The van der Waals surface area contributed by atoms with Crippen LogP contribution >= 0.6 is 0 Å². The maximum absolute atomic E-state index is 14.1. The molecule has 1 saturated carbocycles. The first-order chi connectivity index (χ1) is 21.1. The number of phenolic OH excluding ortho intramolecular Hbond substituents is 1. The van der Waals surface area contributed by atoms with Gasteiger partial charge < -0.3 is 36.4 Å². The zero-order valence-electron chi connectivity index (χ0n) is 26.5. The highest BCUT2D eigenvalue weighted by atomic mass is 16.3. The van der Waals surface area contributed by atoms with E-state index in [1.165, 1.54) is 4.90 Å². The lowest BCUT2D eigenvalue weighted by molar-refractivity contribution is -0.153. The fourth-order valence-corrected chi connectivity index (χ4v) is 7.80. The minimum atomic E-state index is -2.72. The second-order valence-corrected chi connectivity index (χ2v) is 13.1. The Morgan fingerprint density at radius 3 is 2.27 bits per heavy atom. The number of hydrogen-bond donors (Lipinski definition) is 6. The number of ketones is 2. The number of likely N-dealkylation sites (N-methyl/N-ethyl adjacent to an activating group) is 1. The minimum Gasteiger partial charge on any atom is -0.508 e. The summed E-state index contributed by atoms with van der Waals surface area (Å²) in [5, 5.41) is 48.8. The molecule has 1 aliphatic heterocycles. The van der Waals surface area contributed by atoms with Gasteiger partial charge in [0.1, 0.15) is 22.8 Å². The van der Waals surface area contributed by atoms with Crippen molar-refractivity contribution in [2.24, 2.45) is 23.5 Å². The highest BCUT2D eigenvalue weighted by Gasteiger charge is 2.64. The van der Waals surface area contributed by atoms with Gasteiger partial charge in [-0.05, 0) is 57.3 Å². The molecule has 13 nitrogen and oxygen atoms in total. The number of nitrogens with two attached hydrogens (primary N) is 1. The van der Waals surface area contributed by atoms with E-state index in [9.17, 15) is 39.6 Å². The molecule has 2 fully saturated rings. The highest BCUT2D eigenvalue weighted by molar-refractivity contribution is 6.24. The van der Waals surface area contributed by atoms with Crippen LogP contribution in [-0.2, 0) is 25.6 Å². The number of anilines is 2. The van der Waals surface area contributed by atoms with Crippen LogP contribution in [0.25, 0.3) is 5.76 Å². The zero-order chi connectivity index (χ0) is 33.3. The molecule has 5 rings (SSSR count). The van der Waals surface area contributed by atoms with E-state index in [-0.39, 0.29) is 41.5 Å². The van der Waals surface area contributed by atoms with Gasteiger partial charge in [-0.1, -0.05) is 13.8 Å². The molecular formula is C32H43N5O8. The molecule has 4 atom stereocenters. The van der Waals surface area contributed by atoms with Crippen molar-refractivity contribution in [2.45, 2.75) is 57.2 Å². The summed E-state index contributed by atoms with van der Waals surface area (Å²) in [5.74, 6) is -7.77. The summed E-state index contributed by atoms with van der Waals surface area (Å²) >= 11 is 0. The monoisotopic (exact) mass is 625 g/mol. The fourth-order valence-electron chi connectivity index (χ4n) is 7.80. The molecule has 0 unspecified atom stereocenters. The van der Waals surface area contributed by atoms with Crippen molar-refractivity contribution in [1.82, 2.24) is 9.80 Å². The molecule has 1 aromatic carbocycles. The van der Waals surface area contributed by atoms with E-state index in [1.807, 2.05) is 0 Å². The summed E-state index contributed by atoms with van der Waals surface area (Å²) < 4.78 is 0. The van der Waals surface area contributed by atoms with E-state index in [0.29, 0.717) is 30.4 Å². The number of nitrogens with one attached hydrogen (secondary N) is 1. The molecular weight excluding hydrogens is 582 g/mol. The van der Waals surface area contributed by atoms with E-state index in [1.54, 1.807) is 39.2 Å². The molecule has 1 saturated heterocycles. The Morgan fingerprint density at radius 1 is 1.11 bits per heavy atom. The third-order valence-electron chi connectivity index (χ3n) is 10.2. The largest absolute Gasteiger partial charge is 0.508 e. The molecule has 1 aromatic rings. The van der Waals surface area contributed by atoms with E-state index in [0.717, 1.165) is 12.8 Å². The lowest BCUT2D eigenvalue weighted by atomic mass is 9.57. The predicted octanol–water partition coefficient (Wildman–Crippen LogP) is 1.09. The van der Waals surface area contributed by atoms with Crippen molar-refractivity contribution < 1.29 is 39.6 Å². The average molecular weight is 626 g/mol. The number of hydrogen-bond acceptors (Lipinski definition) is 11. The van der Waals surface area contributed by atoms with Crippen LogP contribution in [0.15, 0.2) is 23.0 Å². The van der Waals surface area contributed by atoms with Crippen molar-refractivity contribution in [2.75, 3.05) is 51.5 Å². The number of aromatic hydroxyl groups is 1. The predicted molar refractivity (Wildman–Crippen MR) is 167 cm³/mol. The van der Waals surface area contributed by atoms with Crippen LogP contribution in [0.3, 0.4) is 0 Å². The number of carbonyl (C=O) groups excluding carboxylic acids is 4. The number of Topliss-reactive ketones (excluding diaryl/α,β-unsaturated/α-hetero) is 2. The normalized spacial score (nSPS) is 26.9. The Balaban J connectivity index is 1.58. The van der Waals surface area contributed by atoms with Crippen LogP contribution in [-0.4, -0.2) is 113 Å². The molecule has 2 amide bonds. The molecule has 1 heterocycles. The second kappa shape index (κ2) is 11.5. The summed E-state index contributed by atoms with van der Waals surface area (Å²) in [6, 6.07) is 0.867. The van der Waals surface area contributed by atoms with E-state index in [2.05, 4.69) is 24.1 Å². The molecule has 45 heavy (non-hydrogen) atoms. The topological polar surface area (TPSA) is 197 Å². The summed E-state index contributed by atoms with van der Waals surface area (Å²) in [6.07, 6.45) is 2.11. The van der Waals surface area contributed by atoms with Crippen molar-refractivity contribution in [3.8, 4) is 5.75 Å². The SMILES string of the molecule is CCC(CC)N1CC(C(=O)Nc2cc(N(C)C)c3c(c2O)C(O)=C2C(=O)[C@]4(O)C(O)=C(C(N)=O)C(=O)[C@@H](N(C)C)[C@@H]4C[C@@H]2C3)C1. The van der Waals surface area contributed by atoms with E-state index < -0.39 is 63.8 Å². The van der Waals surface area contributed by atoms with Gasteiger partial charge in [-0.3, -0.25) is 29.0 Å². The number of benzene rings is 1. The van der Waals surface area contributed by atoms with Gasteiger partial charge in [0.2, 0.25) is 11.7 Å². The third-order valence-corrected chi connectivity index (χ3v) is 10.2. The highest BCUT2D eigenvalue weighted by Crippen LogP contribution is 2.54. The Kier molecular flexibility index (Phi) is 8.26. The van der Waals surface area contributed by atoms with Gasteiger partial charge in [-0.2, -0.15) is 0 Å². The maximum Gasteiger partial charge on any atom is 0.255 e. The minimum absolute atomic E-state index is 0.00737. The number of nitrogens with zero attached hydrogens (tertiary/aromatic N) is 3. The number of aliphatic hydroxyl groups is 3. The van der Waals surface area contributed by atoms with Crippen molar-refractivity contribution >= 4 is 40.5 Å². The van der Waals surface area contributed by atoms with Crippen LogP contribution in [0.2, 0.25) is 0 Å². The second-order valence-electron chi connectivity index (χ2n) is 13.1. The Bertz CT molecular complexity index is 1540. The zero-order valence-corrected chi connectivity index (χ0v) is 26.5. The quantitative estimate of drug-likeness (QED) is 0.179. The molecule has 0 bridgehead atoms. The van der Waals surface area contributed by atoms with Crippen molar-refractivity contribution in [3.05, 3.63) is 34.1 Å².